The Morgan fingerprint density at radius 1 is 1.38 bits per heavy atom. The van der Waals surface area contributed by atoms with Crippen LogP contribution in [0.3, 0.4) is 0 Å². The smallest absolute Gasteiger partial charge is 0.165 e. The molecule has 0 aliphatic heterocycles. The van der Waals surface area contributed by atoms with Gasteiger partial charge in [0.1, 0.15) is 0 Å². The molecule has 0 amide bonds. The second-order valence-corrected chi connectivity index (χ2v) is 7.67. The molecule has 1 aromatic carbocycles. The zero-order valence-corrected chi connectivity index (χ0v) is 12.9. The quantitative estimate of drug-likeness (QED) is 0.368. The fourth-order valence-corrected chi connectivity index (χ4v) is 1.94. The van der Waals surface area contributed by atoms with Gasteiger partial charge in [-0.2, -0.15) is 12.6 Å². The van der Waals surface area contributed by atoms with E-state index in [0.717, 1.165) is 17.5 Å². The van der Waals surface area contributed by atoms with Gasteiger partial charge in [0.05, 0.1) is 2.75 Å². The van der Waals surface area contributed by atoms with Gasteiger partial charge in [0.2, 0.25) is 0 Å². The fourth-order valence-electron chi connectivity index (χ4n) is 1.43. The molecule has 0 aromatic heterocycles. The summed E-state index contributed by atoms with van der Waals surface area (Å²) in [6.07, 6.45) is 0.953. The van der Waals surface area contributed by atoms with E-state index in [4.69, 9.17) is 0 Å². The van der Waals surface area contributed by atoms with Gasteiger partial charge < -0.3 is 0 Å². The first-order valence-electron chi connectivity index (χ1n) is 5.44. The number of ketones is 1. The molecule has 0 aliphatic carbocycles. The number of Topliss-reactive ketones (excluding diaryl/α,β-unsaturated/α-hetero) is 1. The van der Waals surface area contributed by atoms with Crippen molar-refractivity contribution in [3.63, 3.8) is 0 Å². The Labute approximate surface area is 117 Å². The minimum absolute atomic E-state index is 0.0531. The second kappa shape index (κ2) is 5.54. The van der Waals surface area contributed by atoms with Crippen LogP contribution in [-0.2, 0) is 2.75 Å². The monoisotopic (exact) mass is 348 g/mol. The number of rotatable bonds is 4. The molecular formula is C13H17IOS. The minimum Gasteiger partial charge on any atom is -0.294 e. The predicted octanol–water partition coefficient (Wildman–Crippen LogP) is 4.45. The van der Waals surface area contributed by atoms with Gasteiger partial charge in [0.15, 0.2) is 5.78 Å². The molecule has 3 heteroatoms. The first kappa shape index (κ1) is 14.0. The minimum atomic E-state index is -0.142. The number of hydrogen-bond acceptors (Lipinski definition) is 2. The number of alkyl halides is 1. The van der Waals surface area contributed by atoms with Crippen molar-refractivity contribution in [3.05, 3.63) is 35.4 Å². The Morgan fingerprint density at radius 3 is 2.25 bits per heavy atom. The van der Waals surface area contributed by atoms with Crippen LogP contribution in [0.1, 0.15) is 43.1 Å². The van der Waals surface area contributed by atoms with Crippen LogP contribution >= 0.6 is 35.2 Å². The zero-order valence-electron chi connectivity index (χ0n) is 9.83. The van der Waals surface area contributed by atoms with Gasteiger partial charge in [-0.25, -0.2) is 0 Å². The fraction of sp³-hybridized carbons (Fsp3) is 0.462. The van der Waals surface area contributed by atoms with E-state index in [0.29, 0.717) is 0 Å². The third kappa shape index (κ3) is 3.23. The highest BCUT2D eigenvalue weighted by molar-refractivity contribution is 14.1. The number of thiol groups is 1. The van der Waals surface area contributed by atoms with E-state index in [1.165, 1.54) is 0 Å². The average Bonchev–Trinajstić information content (AvgIpc) is 2.28. The van der Waals surface area contributed by atoms with E-state index in [9.17, 15) is 4.79 Å². The van der Waals surface area contributed by atoms with Crippen molar-refractivity contribution < 1.29 is 4.79 Å². The summed E-state index contributed by atoms with van der Waals surface area (Å²) in [6.45, 7) is 5.94. The molecule has 0 N–H and O–H groups in total. The van der Waals surface area contributed by atoms with E-state index in [2.05, 4.69) is 42.1 Å². The van der Waals surface area contributed by atoms with Gasteiger partial charge >= 0.3 is 0 Å². The maximum atomic E-state index is 11.8. The highest BCUT2D eigenvalue weighted by atomic mass is 127. The lowest BCUT2D eigenvalue weighted by atomic mass is 9.99. The van der Waals surface area contributed by atoms with Crippen LogP contribution in [0.25, 0.3) is 0 Å². The van der Waals surface area contributed by atoms with Crippen LogP contribution in [0, 0.1) is 5.92 Å². The van der Waals surface area contributed by atoms with Gasteiger partial charge in [-0.05, 0) is 12.0 Å². The SMILES string of the molecule is CCC(S)(I)c1ccc(C(=O)C(C)C)cc1. The summed E-state index contributed by atoms with van der Waals surface area (Å²) >= 11 is 6.93. The van der Waals surface area contributed by atoms with E-state index in [1.54, 1.807) is 0 Å². The normalized spacial score (nSPS) is 14.9. The van der Waals surface area contributed by atoms with E-state index >= 15 is 0 Å². The lowest BCUT2D eigenvalue weighted by Crippen LogP contribution is -2.10. The van der Waals surface area contributed by atoms with Crippen LogP contribution in [0.2, 0.25) is 0 Å². The molecule has 0 saturated heterocycles. The van der Waals surface area contributed by atoms with E-state index in [-0.39, 0.29) is 14.5 Å². The van der Waals surface area contributed by atoms with Crippen molar-refractivity contribution in [3.8, 4) is 0 Å². The van der Waals surface area contributed by atoms with Crippen molar-refractivity contribution in [2.45, 2.75) is 29.9 Å². The Hall–Kier alpha value is -0.0300. The van der Waals surface area contributed by atoms with Gasteiger partial charge in [-0.3, -0.25) is 4.79 Å². The van der Waals surface area contributed by atoms with E-state index < -0.39 is 0 Å². The van der Waals surface area contributed by atoms with Crippen LogP contribution in [0.5, 0.6) is 0 Å². The summed E-state index contributed by atoms with van der Waals surface area (Å²) in [4.78, 5) is 11.8. The molecule has 1 nitrogen and oxygen atoms in total. The maximum Gasteiger partial charge on any atom is 0.165 e. The van der Waals surface area contributed by atoms with Crippen LogP contribution in [-0.4, -0.2) is 5.78 Å². The van der Waals surface area contributed by atoms with Crippen LogP contribution < -0.4 is 0 Å². The molecule has 1 unspecified atom stereocenters. The van der Waals surface area contributed by atoms with Crippen LogP contribution in [0.15, 0.2) is 24.3 Å². The zero-order chi connectivity index (χ0) is 12.3. The van der Waals surface area contributed by atoms with Crippen molar-refractivity contribution >= 4 is 41.0 Å². The Bertz CT molecular complexity index is 368. The van der Waals surface area contributed by atoms with Crippen molar-refractivity contribution in [2.75, 3.05) is 0 Å². The summed E-state index contributed by atoms with van der Waals surface area (Å²) in [5, 5.41) is 0. The lowest BCUT2D eigenvalue weighted by molar-refractivity contribution is 0.0939. The maximum absolute atomic E-state index is 11.8. The molecule has 0 fully saturated rings. The van der Waals surface area contributed by atoms with Gasteiger partial charge in [0, 0.05) is 11.5 Å². The largest absolute Gasteiger partial charge is 0.294 e. The predicted molar refractivity (Wildman–Crippen MR) is 80.6 cm³/mol. The number of halogens is 1. The Balaban J connectivity index is 2.96. The molecule has 0 spiro atoms. The van der Waals surface area contributed by atoms with Crippen LogP contribution in [0.4, 0.5) is 0 Å². The third-order valence-electron chi connectivity index (χ3n) is 2.60. The molecular weight excluding hydrogens is 331 g/mol. The Kier molecular flexibility index (Phi) is 4.86. The van der Waals surface area contributed by atoms with Gasteiger partial charge in [-0.1, -0.05) is 67.6 Å². The van der Waals surface area contributed by atoms with Crippen molar-refractivity contribution in [1.82, 2.24) is 0 Å². The molecule has 88 valence electrons. The van der Waals surface area contributed by atoms with Gasteiger partial charge in [-0.15, -0.1) is 0 Å². The third-order valence-corrected chi connectivity index (χ3v) is 4.56. The summed E-state index contributed by atoms with van der Waals surface area (Å²) in [5.41, 5.74) is 1.94. The number of hydrogen-bond donors (Lipinski definition) is 1. The number of carbonyl (C=O) groups excluding carboxylic acids is 1. The molecule has 1 aromatic rings. The van der Waals surface area contributed by atoms with Crippen molar-refractivity contribution in [2.24, 2.45) is 5.92 Å². The Morgan fingerprint density at radius 2 is 1.88 bits per heavy atom. The summed E-state index contributed by atoms with van der Waals surface area (Å²) in [7, 11) is 0. The molecule has 1 rings (SSSR count). The second-order valence-electron chi connectivity index (χ2n) is 4.21. The highest BCUT2D eigenvalue weighted by Crippen LogP contribution is 2.39. The molecule has 0 radical (unpaired) electrons. The lowest BCUT2D eigenvalue weighted by Gasteiger charge is -2.20. The van der Waals surface area contributed by atoms with E-state index in [1.807, 2.05) is 38.1 Å². The number of carbonyl (C=O) groups is 1. The molecule has 0 saturated carbocycles. The molecule has 1 atom stereocenters. The standard InChI is InChI=1S/C13H17IOS/c1-4-13(14,16)11-7-5-10(6-8-11)12(15)9(2)3/h5-9,16H,4H2,1-3H3. The summed E-state index contributed by atoms with van der Waals surface area (Å²) in [5.74, 6) is 0.249. The first-order chi connectivity index (χ1) is 7.38. The molecule has 0 heterocycles. The average molecular weight is 348 g/mol. The first-order valence-corrected chi connectivity index (χ1v) is 6.97. The molecule has 16 heavy (non-hydrogen) atoms. The van der Waals surface area contributed by atoms with Crippen molar-refractivity contribution in [1.29, 1.82) is 0 Å². The topological polar surface area (TPSA) is 17.1 Å². The molecule has 0 bridgehead atoms. The summed E-state index contributed by atoms with van der Waals surface area (Å²) in [6, 6.07) is 7.80. The summed E-state index contributed by atoms with van der Waals surface area (Å²) < 4.78 is -0.142. The molecule has 0 aliphatic rings. The number of benzene rings is 1. The highest BCUT2D eigenvalue weighted by Gasteiger charge is 2.21. The van der Waals surface area contributed by atoms with Gasteiger partial charge in [0.25, 0.3) is 0 Å².